The molecule has 2 atom stereocenters. The van der Waals surface area contributed by atoms with Gasteiger partial charge in [-0.3, -0.25) is 0 Å². The van der Waals surface area contributed by atoms with Crippen molar-refractivity contribution in [2.45, 2.75) is 45.4 Å². The SMILES string of the molecule is CCCOc1ccc(C2(C)CC2CCl)cc1OCCC. The number of rotatable bonds is 8. The summed E-state index contributed by atoms with van der Waals surface area (Å²) in [6.45, 7) is 7.95. The largest absolute Gasteiger partial charge is 0.490 e. The Balaban J connectivity index is 2.19. The number of hydrogen-bond donors (Lipinski definition) is 0. The van der Waals surface area contributed by atoms with Crippen LogP contribution >= 0.6 is 11.6 Å². The van der Waals surface area contributed by atoms with Crippen molar-refractivity contribution in [1.82, 2.24) is 0 Å². The molecule has 1 fully saturated rings. The molecule has 2 rings (SSSR count). The summed E-state index contributed by atoms with van der Waals surface area (Å²) in [5.41, 5.74) is 1.54. The minimum atomic E-state index is 0.218. The number of halogens is 1. The average molecular weight is 297 g/mol. The van der Waals surface area contributed by atoms with Crippen LogP contribution in [0.25, 0.3) is 0 Å². The van der Waals surface area contributed by atoms with Crippen LogP contribution < -0.4 is 9.47 Å². The van der Waals surface area contributed by atoms with E-state index in [-0.39, 0.29) is 5.41 Å². The molecule has 0 radical (unpaired) electrons. The first-order chi connectivity index (χ1) is 9.65. The smallest absolute Gasteiger partial charge is 0.161 e. The number of benzene rings is 1. The second-order valence-corrected chi connectivity index (χ2v) is 6.14. The molecule has 3 heteroatoms. The minimum Gasteiger partial charge on any atom is -0.490 e. The molecular formula is C17H25ClO2. The Kier molecular flexibility index (Phi) is 5.20. The molecule has 112 valence electrons. The van der Waals surface area contributed by atoms with Crippen molar-refractivity contribution < 1.29 is 9.47 Å². The molecule has 20 heavy (non-hydrogen) atoms. The summed E-state index contributed by atoms with van der Waals surface area (Å²) in [4.78, 5) is 0. The fourth-order valence-corrected chi connectivity index (χ4v) is 3.00. The van der Waals surface area contributed by atoms with Crippen LogP contribution in [0, 0.1) is 5.92 Å². The summed E-state index contributed by atoms with van der Waals surface area (Å²) in [7, 11) is 0. The molecule has 2 unspecified atom stereocenters. The minimum absolute atomic E-state index is 0.218. The lowest BCUT2D eigenvalue weighted by atomic mass is 9.95. The van der Waals surface area contributed by atoms with Crippen molar-refractivity contribution in [3.05, 3.63) is 23.8 Å². The molecule has 1 aromatic rings. The topological polar surface area (TPSA) is 18.5 Å². The lowest BCUT2D eigenvalue weighted by Crippen LogP contribution is -2.07. The van der Waals surface area contributed by atoms with E-state index in [0.717, 1.165) is 43.4 Å². The van der Waals surface area contributed by atoms with Gasteiger partial charge in [-0.15, -0.1) is 11.6 Å². The van der Waals surface area contributed by atoms with Gasteiger partial charge in [-0.1, -0.05) is 26.8 Å². The first-order valence-corrected chi connectivity index (χ1v) is 8.15. The van der Waals surface area contributed by atoms with Crippen LogP contribution in [0.5, 0.6) is 11.5 Å². The maximum atomic E-state index is 6.00. The predicted octanol–water partition coefficient (Wildman–Crippen LogP) is 4.78. The summed E-state index contributed by atoms with van der Waals surface area (Å²) in [6, 6.07) is 6.36. The molecular weight excluding hydrogens is 272 g/mol. The molecule has 1 aliphatic rings. The highest BCUT2D eigenvalue weighted by Gasteiger charge is 2.50. The standard InChI is InChI=1S/C17H25ClO2/c1-4-8-19-15-7-6-13(10-16(15)20-9-5-2)17(3)11-14(17)12-18/h6-7,10,14H,4-5,8-9,11-12H2,1-3H3. The van der Waals surface area contributed by atoms with Crippen LogP contribution in [0.15, 0.2) is 18.2 Å². The molecule has 0 amide bonds. The van der Waals surface area contributed by atoms with E-state index in [9.17, 15) is 0 Å². The van der Waals surface area contributed by atoms with Gasteiger partial charge in [0.05, 0.1) is 13.2 Å². The zero-order valence-corrected chi connectivity index (χ0v) is 13.5. The lowest BCUT2D eigenvalue weighted by molar-refractivity contribution is 0.268. The van der Waals surface area contributed by atoms with Gasteiger partial charge in [-0.2, -0.15) is 0 Å². The third-order valence-corrected chi connectivity index (χ3v) is 4.50. The Hall–Kier alpha value is -0.890. The number of alkyl halides is 1. The van der Waals surface area contributed by atoms with Crippen LogP contribution in [-0.4, -0.2) is 19.1 Å². The Morgan fingerprint density at radius 2 is 1.80 bits per heavy atom. The third-order valence-electron chi connectivity index (χ3n) is 4.12. The zero-order chi connectivity index (χ0) is 14.6. The van der Waals surface area contributed by atoms with Crippen LogP contribution in [-0.2, 0) is 5.41 Å². The van der Waals surface area contributed by atoms with Crippen molar-refractivity contribution in [2.75, 3.05) is 19.1 Å². The summed E-state index contributed by atoms with van der Waals surface area (Å²) in [5.74, 6) is 3.05. The van der Waals surface area contributed by atoms with Crippen LogP contribution in [0.2, 0.25) is 0 Å². The monoisotopic (exact) mass is 296 g/mol. The van der Waals surface area contributed by atoms with Gasteiger partial charge in [0, 0.05) is 5.88 Å². The second-order valence-electron chi connectivity index (χ2n) is 5.83. The summed E-state index contributed by atoms with van der Waals surface area (Å²) < 4.78 is 11.6. The first-order valence-electron chi connectivity index (χ1n) is 7.61. The van der Waals surface area contributed by atoms with Gasteiger partial charge in [0.2, 0.25) is 0 Å². The van der Waals surface area contributed by atoms with E-state index in [1.54, 1.807) is 0 Å². The molecule has 0 aromatic heterocycles. The van der Waals surface area contributed by atoms with E-state index in [0.29, 0.717) is 5.92 Å². The van der Waals surface area contributed by atoms with Gasteiger partial charge in [-0.25, -0.2) is 0 Å². The van der Waals surface area contributed by atoms with Gasteiger partial charge < -0.3 is 9.47 Å². The Morgan fingerprint density at radius 3 is 2.35 bits per heavy atom. The normalized spacial score (nSPS) is 24.5. The molecule has 0 N–H and O–H groups in total. The molecule has 2 nitrogen and oxygen atoms in total. The highest BCUT2D eigenvalue weighted by atomic mass is 35.5. The summed E-state index contributed by atoms with van der Waals surface area (Å²) >= 11 is 6.00. The van der Waals surface area contributed by atoms with E-state index < -0.39 is 0 Å². The Labute approximate surface area is 127 Å². The van der Waals surface area contributed by atoms with Crippen molar-refractivity contribution in [1.29, 1.82) is 0 Å². The van der Waals surface area contributed by atoms with Crippen LogP contribution in [0.3, 0.4) is 0 Å². The number of hydrogen-bond acceptors (Lipinski definition) is 2. The second kappa shape index (κ2) is 6.71. The van der Waals surface area contributed by atoms with Gasteiger partial charge in [0.15, 0.2) is 11.5 Å². The average Bonchev–Trinajstić information content (AvgIpc) is 3.15. The maximum absolute atomic E-state index is 6.00. The number of ether oxygens (including phenoxy) is 2. The molecule has 0 spiro atoms. The molecule has 0 saturated heterocycles. The van der Waals surface area contributed by atoms with Crippen LogP contribution in [0.4, 0.5) is 0 Å². The van der Waals surface area contributed by atoms with E-state index in [1.807, 2.05) is 6.07 Å². The molecule has 0 aliphatic heterocycles. The highest BCUT2D eigenvalue weighted by Crippen LogP contribution is 2.55. The highest BCUT2D eigenvalue weighted by molar-refractivity contribution is 6.18. The third kappa shape index (κ3) is 3.22. The van der Waals surface area contributed by atoms with Crippen molar-refractivity contribution in [2.24, 2.45) is 5.92 Å². The zero-order valence-electron chi connectivity index (χ0n) is 12.7. The van der Waals surface area contributed by atoms with E-state index in [2.05, 4.69) is 32.9 Å². The predicted molar refractivity (Wildman–Crippen MR) is 84.2 cm³/mol. The van der Waals surface area contributed by atoms with E-state index in [4.69, 9.17) is 21.1 Å². The first kappa shape index (κ1) is 15.5. The van der Waals surface area contributed by atoms with Crippen molar-refractivity contribution >= 4 is 11.6 Å². The van der Waals surface area contributed by atoms with E-state index in [1.165, 1.54) is 12.0 Å². The quantitative estimate of drug-likeness (QED) is 0.643. The van der Waals surface area contributed by atoms with E-state index >= 15 is 0 Å². The molecule has 1 aliphatic carbocycles. The molecule has 0 bridgehead atoms. The fraction of sp³-hybridized carbons (Fsp3) is 0.647. The van der Waals surface area contributed by atoms with Gasteiger partial charge in [0.1, 0.15) is 0 Å². The van der Waals surface area contributed by atoms with Gasteiger partial charge in [-0.05, 0) is 48.3 Å². The maximum Gasteiger partial charge on any atom is 0.161 e. The Bertz CT molecular complexity index is 447. The fourth-order valence-electron chi connectivity index (χ4n) is 2.55. The van der Waals surface area contributed by atoms with Gasteiger partial charge in [0.25, 0.3) is 0 Å². The Morgan fingerprint density at radius 1 is 1.15 bits per heavy atom. The summed E-state index contributed by atoms with van der Waals surface area (Å²) in [5, 5.41) is 0. The van der Waals surface area contributed by atoms with Crippen molar-refractivity contribution in [3.8, 4) is 11.5 Å². The van der Waals surface area contributed by atoms with Gasteiger partial charge >= 0.3 is 0 Å². The molecule has 0 heterocycles. The van der Waals surface area contributed by atoms with Crippen LogP contribution in [0.1, 0.15) is 45.6 Å². The summed E-state index contributed by atoms with van der Waals surface area (Å²) in [6.07, 6.45) is 3.17. The lowest BCUT2D eigenvalue weighted by Gasteiger charge is -2.17. The molecule has 1 saturated carbocycles. The molecule has 1 aromatic carbocycles. The van der Waals surface area contributed by atoms with Crippen molar-refractivity contribution in [3.63, 3.8) is 0 Å².